The van der Waals surface area contributed by atoms with Crippen LogP contribution in [0.25, 0.3) is 6.08 Å². The van der Waals surface area contributed by atoms with Crippen molar-refractivity contribution in [1.29, 1.82) is 0 Å². The quantitative estimate of drug-likeness (QED) is 0.815. The van der Waals surface area contributed by atoms with Gasteiger partial charge in [0.15, 0.2) is 8.32 Å². The standard InChI is InChI=1S/C15H24O2Si/c1-15(2,3)18(4,5)17-12-8-10-13-9-6-7-11-14(13)16/h6-11,16H,12H2,1-5H3. The number of benzene rings is 1. The Bertz CT molecular complexity index is 417. The first-order chi connectivity index (χ1) is 8.24. The number of phenolic OH excluding ortho intramolecular Hbond substituents is 1. The summed E-state index contributed by atoms with van der Waals surface area (Å²) in [6.45, 7) is 11.8. The summed E-state index contributed by atoms with van der Waals surface area (Å²) in [6, 6.07) is 7.30. The van der Waals surface area contributed by atoms with E-state index in [-0.39, 0.29) is 5.04 Å². The van der Waals surface area contributed by atoms with Crippen LogP contribution in [-0.2, 0) is 4.43 Å². The molecular weight excluding hydrogens is 240 g/mol. The zero-order valence-electron chi connectivity index (χ0n) is 12.0. The Morgan fingerprint density at radius 1 is 1.22 bits per heavy atom. The second kappa shape index (κ2) is 5.72. The fraction of sp³-hybridized carbons (Fsp3) is 0.467. The molecule has 0 spiro atoms. The molecule has 18 heavy (non-hydrogen) atoms. The second-order valence-corrected chi connectivity index (χ2v) is 10.8. The Kier molecular flexibility index (Phi) is 4.76. The third-order valence-electron chi connectivity index (χ3n) is 3.58. The molecule has 3 heteroatoms. The minimum Gasteiger partial charge on any atom is -0.507 e. The van der Waals surface area contributed by atoms with Gasteiger partial charge in [0.25, 0.3) is 0 Å². The highest BCUT2D eigenvalue weighted by molar-refractivity contribution is 6.74. The van der Waals surface area contributed by atoms with E-state index in [0.717, 1.165) is 5.56 Å². The third kappa shape index (κ3) is 4.00. The zero-order valence-corrected chi connectivity index (χ0v) is 13.0. The lowest BCUT2D eigenvalue weighted by molar-refractivity contribution is 0.328. The second-order valence-electron chi connectivity index (χ2n) is 6.03. The molecule has 0 aliphatic carbocycles. The number of hydrogen-bond acceptors (Lipinski definition) is 2. The fourth-order valence-corrected chi connectivity index (χ4v) is 2.22. The lowest BCUT2D eigenvalue weighted by Gasteiger charge is -2.35. The van der Waals surface area contributed by atoms with E-state index in [2.05, 4.69) is 33.9 Å². The maximum absolute atomic E-state index is 9.62. The van der Waals surface area contributed by atoms with Crippen molar-refractivity contribution in [2.75, 3.05) is 6.61 Å². The van der Waals surface area contributed by atoms with Gasteiger partial charge in [0.2, 0.25) is 0 Å². The Labute approximate surface area is 111 Å². The van der Waals surface area contributed by atoms with E-state index >= 15 is 0 Å². The van der Waals surface area contributed by atoms with Crippen molar-refractivity contribution >= 4 is 14.4 Å². The van der Waals surface area contributed by atoms with Gasteiger partial charge in [-0.15, -0.1) is 0 Å². The van der Waals surface area contributed by atoms with E-state index in [1.165, 1.54) is 0 Å². The summed E-state index contributed by atoms with van der Waals surface area (Å²) in [7, 11) is -1.67. The van der Waals surface area contributed by atoms with E-state index in [0.29, 0.717) is 12.4 Å². The molecule has 0 heterocycles. The van der Waals surface area contributed by atoms with Gasteiger partial charge in [0.05, 0.1) is 6.61 Å². The molecule has 1 N–H and O–H groups in total. The maximum Gasteiger partial charge on any atom is 0.192 e. The van der Waals surface area contributed by atoms with Gasteiger partial charge in [0, 0.05) is 5.56 Å². The lowest BCUT2D eigenvalue weighted by Crippen LogP contribution is -2.40. The highest BCUT2D eigenvalue weighted by Crippen LogP contribution is 2.36. The van der Waals surface area contributed by atoms with Crippen molar-refractivity contribution in [3.8, 4) is 5.75 Å². The summed E-state index contributed by atoms with van der Waals surface area (Å²) in [5.41, 5.74) is 0.830. The lowest BCUT2D eigenvalue weighted by atomic mass is 10.2. The number of hydrogen-bond donors (Lipinski definition) is 1. The number of rotatable bonds is 4. The largest absolute Gasteiger partial charge is 0.507 e. The first-order valence-corrected chi connectivity index (χ1v) is 9.23. The van der Waals surface area contributed by atoms with Gasteiger partial charge in [-0.25, -0.2) is 0 Å². The summed E-state index contributed by atoms with van der Waals surface area (Å²) in [4.78, 5) is 0. The van der Waals surface area contributed by atoms with Crippen LogP contribution in [0.5, 0.6) is 5.75 Å². The summed E-state index contributed by atoms with van der Waals surface area (Å²) in [5.74, 6) is 0.307. The van der Waals surface area contributed by atoms with Crippen LogP contribution < -0.4 is 0 Å². The zero-order chi connectivity index (χ0) is 13.8. The van der Waals surface area contributed by atoms with Crippen LogP contribution in [0.2, 0.25) is 18.1 Å². The van der Waals surface area contributed by atoms with E-state index in [4.69, 9.17) is 4.43 Å². The summed E-state index contributed by atoms with van der Waals surface area (Å²) < 4.78 is 6.03. The van der Waals surface area contributed by atoms with Crippen molar-refractivity contribution in [2.24, 2.45) is 0 Å². The Balaban J connectivity index is 2.55. The van der Waals surface area contributed by atoms with E-state index in [1.54, 1.807) is 6.07 Å². The normalized spacial score (nSPS) is 13.2. The highest BCUT2D eigenvalue weighted by Gasteiger charge is 2.36. The van der Waals surface area contributed by atoms with Crippen molar-refractivity contribution in [1.82, 2.24) is 0 Å². The first kappa shape index (κ1) is 15.0. The third-order valence-corrected chi connectivity index (χ3v) is 8.08. The van der Waals surface area contributed by atoms with E-state index in [9.17, 15) is 5.11 Å². The number of aromatic hydroxyl groups is 1. The van der Waals surface area contributed by atoms with Crippen LogP contribution in [-0.4, -0.2) is 20.0 Å². The molecule has 0 saturated carbocycles. The molecule has 1 aromatic carbocycles. The van der Waals surface area contributed by atoms with Gasteiger partial charge in [-0.05, 0) is 24.2 Å². The van der Waals surface area contributed by atoms with Crippen molar-refractivity contribution < 1.29 is 9.53 Å². The topological polar surface area (TPSA) is 29.5 Å². The molecule has 0 aliphatic rings. The van der Waals surface area contributed by atoms with Crippen molar-refractivity contribution in [2.45, 2.75) is 38.9 Å². The fourth-order valence-electron chi connectivity index (χ4n) is 1.28. The van der Waals surface area contributed by atoms with Gasteiger partial charge in [-0.2, -0.15) is 0 Å². The maximum atomic E-state index is 9.62. The van der Waals surface area contributed by atoms with Crippen LogP contribution in [0, 0.1) is 0 Å². The Morgan fingerprint density at radius 2 is 1.83 bits per heavy atom. The molecule has 0 radical (unpaired) electrons. The molecule has 0 saturated heterocycles. The van der Waals surface area contributed by atoms with Crippen molar-refractivity contribution in [3.05, 3.63) is 35.9 Å². The predicted molar refractivity (Wildman–Crippen MR) is 80.3 cm³/mol. The van der Waals surface area contributed by atoms with Crippen LogP contribution in [0.1, 0.15) is 26.3 Å². The molecule has 0 aromatic heterocycles. The Morgan fingerprint density at radius 3 is 2.39 bits per heavy atom. The monoisotopic (exact) mass is 264 g/mol. The van der Waals surface area contributed by atoms with Crippen molar-refractivity contribution in [3.63, 3.8) is 0 Å². The highest BCUT2D eigenvalue weighted by atomic mass is 28.4. The van der Waals surface area contributed by atoms with Gasteiger partial charge < -0.3 is 9.53 Å². The minimum absolute atomic E-state index is 0.232. The molecule has 1 rings (SSSR count). The smallest absolute Gasteiger partial charge is 0.192 e. The molecule has 0 atom stereocenters. The predicted octanol–water partition coefficient (Wildman–Crippen LogP) is 4.43. The van der Waals surface area contributed by atoms with Gasteiger partial charge in [-0.3, -0.25) is 0 Å². The summed E-state index contributed by atoms with van der Waals surface area (Å²) in [6.07, 6.45) is 3.87. The molecule has 0 amide bonds. The van der Waals surface area contributed by atoms with E-state index in [1.807, 2.05) is 30.4 Å². The molecule has 2 nitrogen and oxygen atoms in total. The van der Waals surface area contributed by atoms with Crippen LogP contribution >= 0.6 is 0 Å². The Hall–Kier alpha value is -1.06. The summed E-state index contributed by atoms with van der Waals surface area (Å²) >= 11 is 0. The summed E-state index contributed by atoms with van der Waals surface area (Å²) in [5, 5.41) is 9.85. The molecule has 1 aromatic rings. The molecule has 0 bridgehead atoms. The first-order valence-electron chi connectivity index (χ1n) is 6.32. The molecular formula is C15H24O2Si. The number of phenols is 1. The average Bonchev–Trinajstić information content (AvgIpc) is 2.25. The van der Waals surface area contributed by atoms with Gasteiger partial charge in [-0.1, -0.05) is 51.1 Å². The molecule has 0 aliphatic heterocycles. The SMILES string of the molecule is CC(C)(C)[Si](C)(C)OCC=Cc1ccccc1O. The number of para-hydroxylation sites is 1. The minimum atomic E-state index is -1.67. The van der Waals surface area contributed by atoms with E-state index < -0.39 is 8.32 Å². The average molecular weight is 264 g/mol. The molecule has 100 valence electrons. The van der Waals surface area contributed by atoms with Gasteiger partial charge >= 0.3 is 0 Å². The van der Waals surface area contributed by atoms with Crippen LogP contribution in [0.4, 0.5) is 0 Å². The molecule has 0 unspecified atom stereocenters. The van der Waals surface area contributed by atoms with Crippen LogP contribution in [0.3, 0.4) is 0 Å². The molecule has 0 fully saturated rings. The van der Waals surface area contributed by atoms with Gasteiger partial charge in [0.1, 0.15) is 5.75 Å². The van der Waals surface area contributed by atoms with Crippen LogP contribution in [0.15, 0.2) is 30.3 Å².